The minimum atomic E-state index is -2.76. The summed E-state index contributed by atoms with van der Waals surface area (Å²) < 4.78 is 29.3. The van der Waals surface area contributed by atoms with E-state index >= 15 is 0 Å². The Morgan fingerprint density at radius 3 is 2.61 bits per heavy atom. The lowest BCUT2D eigenvalue weighted by atomic mass is 10.2. The predicted molar refractivity (Wildman–Crippen MR) is 64.0 cm³/mol. The number of rotatable bonds is 7. The van der Waals surface area contributed by atoms with E-state index in [2.05, 4.69) is 6.58 Å². The SMILES string of the molecule is C=CCC(NC(F)F)C(=O)OCc1ccccc1. The van der Waals surface area contributed by atoms with Crippen LogP contribution in [0.1, 0.15) is 12.0 Å². The molecule has 98 valence electrons. The van der Waals surface area contributed by atoms with E-state index in [9.17, 15) is 13.6 Å². The number of ether oxygens (including phenoxy) is 1. The molecule has 0 aliphatic carbocycles. The molecule has 1 aromatic rings. The summed E-state index contributed by atoms with van der Waals surface area (Å²) in [6, 6.07) is 7.96. The van der Waals surface area contributed by atoms with Crippen molar-refractivity contribution in [2.75, 3.05) is 0 Å². The molecule has 0 spiro atoms. The Hall–Kier alpha value is -1.75. The first-order valence-electron chi connectivity index (χ1n) is 5.49. The Kier molecular flexibility index (Phi) is 6.00. The standard InChI is InChI=1S/C13H15F2NO2/c1-2-6-11(16-13(14)15)12(17)18-9-10-7-4-3-5-8-10/h2-5,7-8,11,13,16H,1,6,9H2. The molecule has 0 aliphatic heterocycles. The van der Waals surface area contributed by atoms with E-state index in [1.165, 1.54) is 6.08 Å². The third-order valence-corrected chi connectivity index (χ3v) is 2.24. The highest BCUT2D eigenvalue weighted by Crippen LogP contribution is 2.05. The molecule has 1 aromatic carbocycles. The van der Waals surface area contributed by atoms with Gasteiger partial charge in [0.2, 0.25) is 0 Å². The maximum absolute atomic E-state index is 12.2. The van der Waals surface area contributed by atoms with E-state index in [-0.39, 0.29) is 13.0 Å². The monoisotopic (exact) mass is 255 g/mol. The maximum atomic E-state index is 12.2. The van der Waals surface area contributed by atoms with Gasteiger partial charge in [-0.25, -0.2) is 5.32 Å². The molecular formula is C13H15F2NO2. The van der Waals surface area contributed by atoms with Gasteiger partial charge in [-0.1, -0.05) is 36.4 Å². The average Bonchev–Trinajstić information content (AvgIpc) is 2.36. The van der Waals surface area contributed by atoms with E-state index < -0.39 is 18.6 Å². The largest absolute Gasteiger partial charge is 0.460 e. The van der Waals surface area contributed by atoms with Crippen LogP contribution in [0.3, 0.4) is 0 Å². The number of benzene rings is 1. The number of carbonyl (C=O) groups is 1. The first-order valence-corrected chi connectivity index (χ1v) is 5.49. The van der Waals surface area contributed by atoms with Crippen LogP contribution in [0.25, 0.3) is 0 Å². The second-order valence-electron chi connectivity index (χ2n) is 3.64. The molecule has 0 amide bonds. The Morgan fingerprint density at radius 1 is 1.39 bits per heavy atom. The molecule has 0 radical (unpaired) electrons. The van der Waals surface area contributed by atoms with Crippen molar-refractivity contribution in [3.05, 3.63) is 48.6 Å². The zero-order valence-corrected chi connectivity index (χ0v) is 9.81. The van der Waals surface area contributed by atoms with Crippen LogP contribution >= 0.6 is 0 Å². The van der Waals surface area contributed by atoms with E-state index in [1.807, 2.05) is 23.5 Å². The van der Waals surface area contributed by atoms with E-state index in [4.69, 9.17) is 4.74 Å². The Balaban J connectivity index is 2.48. The van der Waals surface area contributed by atoms with Gasteiger partial charge in [0.25, 0.3) is 6.55 Å². The smallest absolute Gasteiger partial charge is 0.323 e. The van der Waals surface area contributed by atoms with Gasteiger partial charge in [-0.15, -0.1) is 6.58 Å². The third-order valence-electron chi connectivity index (χ3n) is 2.24. The summed E-state index contributed by atoms with van der Waals surface area (Å²) in [4.78, 5) is 11.6. The van der Waals surface area contributed by atoms with Crippen molar-refractivity contribution in [2.45, 2.75) is 25.6 Å². The molecular weight excluding hydrogens is 240 g/mol. The molecule has 0 aromatic heterocycles. The van der Waals surface area contributed by atoms with Gasteiger partial charge < -0.3 is 4.74 Å². The summed E-state index contributed by atoms with van der Waals surface area (Å²) in [5.74, 6) is -0.709. The van der Waals surface area contributed by atoms with Crippen LogP contribution in [0.15, 0.2) is 43.0 Å². The van der Waals surface area contributed by atoms with Gasteiger partial charge in [-0.3, -0.25) is 4.79 Å². The van der Waals surface area contributed by atoms with E-state index in [0.29, 0.717) is 0 Å². The number of alkyl halides is 2. The van der Waals surface area contributed by atoms with Crippen LogP contribution in [0, 0.1) is 0 Å². The van der Waals surface area contributed by atoms with Crippen molar-refractivity contribution in [2.24, 2.45) is 0 Å². The molecule has 3 nitrogen and oxygen atoms in total. The van der Waals surface area contributed by atoms with Crippen LogP contribution in [0.2, 0.25) is 0 Å². The number of hydrogen-bond acceptors (Lipinski definition) is 3. The average molecular weight is 255 g/mol. The second-order valence-corrected chi connectivity index (χ2v) is 3.64. The van der Waals surface area contributed by atoms with Gasteiger partial charge in [0.15, 0.2) is 0 Å². The summed E-state index contributed by atoms with van der Waals surface area (Å²) in [7, 11) is 0. The number of esters is 1. The minimum Gasteiger partial charge on any atom is -0.460 e. The minimum absolute atomic E-state index is 0.0677. The molecule has 0 fully saturated rings. The zero-order chi connectivity index (χ0) is 13.4. The van der Waals surface area contributed by atoms with E-state index in [1.54, 1.807) is 12.1 Å². The fourth-order valence-electron chi connectivity index (χ4n) is 1.38. The summed E-state index contributed by atoms with van der Waals surface area (Å²) in [5.41, 5.74) is 0.806. The topological polar surface area (TPSA) is 38.3 Å². The van der Waals surface area contributed by atoms with Crippen molar-refractivity contribution < 1.29 is 18.3 Å². The Bertz CT molecular complexity index is 382. The molecule has 1 N–H and O–H groups in total. The molecule has 0 saturated carbocycles. The highest BCUT2D eigenvalue weighted by atomic mass is 19.3. The van der Waals surface area contributed by atoms with Crippen LogP contribution in [-0.2, 0) is 16.1 Å². The quantitative estimate of drug-likeness (QED) is 0.462. The Morgan fingerprint density at radius 2 is 2.06 bits per heavy atom. The van der Waals surface area contributed by atoms with Gasteiger partial charge in [-0.2, -0.15) is 8.78 Å². The predicted octanol–water partition coefficient (Wildman–Crippen LogP) is 2.49. The molecule has 18 heavy (non-hydrogen) atoms. The fraction of sp³-hybridized carbons (Fsp3) is 0.308. The van der Waals surface area contributed by atoms with E-state index in [0.717, 1.165) is 5.56 Å². The lowest BCUT2D eigenvalue weighted by Gasteiger charge is -2.15. The normalized spacial score (nSPS) is 12.2. The molecule has 0 saturated heterocycles. The van der Waals surface area contributed by atoms with Gasteiger partial charge in [0.1, 0.15) is 12.6 Å². The van der Waals surface area contributed by atoms with Crippen LogP contribution in [0.4, 0.5) is 8.78 Å². The van der Waals surface area contributed by atoms with Crippen molar-refractivity contribution in [3.8, 4) is 0 Å². The second kappa shape index (κ2) is 7.55. The number of carbonyl (C=O) groups excluding carboxylic acids is 1. The summed E-state index contributed by atoms with van der Waals surface area (Å²) in [6.07, 6.45) is 1.49. The summed E-state index contributed by atoms with van der Waals surface area (Å²) >= 11 is 0. The van der Waals surface area contributed by atoms with Gasteiger partial charge in [0.05, 0.1) is 0 Å². The lowest BCUT2D eigenvalue weighted by Crippen LogP contribution is -2.40. The first kappa shape index (κ1) is 14.3. The van der Waals surface area contributed by atoms with Gasteiger partial charge >= 0.3 is 5.97 Å². The van der Waals surface area contributed by atoms with Gasteiger partial charge in [0, 0.05) is 0 Å². The third kappa shape index (κ3) is 5.05. The number of nitrogens with one attached hydrogen (secondary N) is 1. The van der Waals surface area contributed by atoms with Crippen molar-refractivity contribution in [1.82, 2.24) is 5.32 Å². The zero-order valence-electron chi connectivity index (χ0n) is 9.81. The van der Waals surface area contributed by atoms with Crippen molar-refractivity contribution in [1.29, 1.82) is 0 Å². The summed E-state index contributed by atoms with van der Waals surface area (Å²) in [6.45, 7) is 0.719. The number of halogens is 2. The molecule has 1 unspecified atom stereocenters. The highest BCUT2D eigenvalue weighted by molar-refractivity contribution is 5.76. The van der Waals surface area contributed by atoms with Crippen LogP contribution in [-0.4, -0.2) is 18.6 Å². The lowest BCUT2D eigenvalue weighted by molar-refractivity contribution is -0.148. The molecule has 0 bridgehead atoms. The summed E-state index contributed by atoms with van der Waals surface area (Å²) in [5, 5.41) is 1.84. The van der Waals surface area contributed by atoms with Crippen LogP contribution < -0.4 is 5.32 Å². The first-order chi connectivity index (χ1) is 8.63. The van der Waals surface area contributed by atoms with Crippen molar-refractivity contribution >= 4 is 5.97 Å². The molecule has 1 atom stereocenters. The van der Waals surface area contributed by atoms with Crippen molar-refractivity contribution in [3.63, 3.8) is 0 Å². The maximum Gasteiger partial charge on any atom is 0.323 e. The molecule has 5 heteroatoms. The number of hydrogen-bond donors (Lipinski definition) is 1. The van der Waals surface area contributed by atoms with Crippen LogP contribution in [0.5, 0.6) is 0 Å². The highest BCUT2D eigenvalue weighted by Gasteiger charge is 2.21. The molecule has 1 rings (SSSR count). The molecule has 0 aliphatic rings. The van der Waals surface area contributed by atoms with Gasteiger partial charge in [-0.05, 0) is 12.0 Å². The molecule has 0 heterocycles. The fourth-order valence-corrected chi connectivity index (χ4v) is 1.38. The Labute approximate surface area is 104 Å².